The number of ether oxygens (including phenoxy) is 1. The van der Waals surface area contributed by atoms with Gasteiger partial charge < -0.3 is 10.1 Å². The van der Waals surface area contributed by atoms with Gasteiger partial charge in [-0.3, -0.25) is 0 Å². The summed E-state index contributed by atoms with van der Waals surface area (Å²) in [7, 11) is 0. The molecule has 2 aromatic carbocycles. The number of hydrogen-bond acceptors (Lipinski definition) is 6. The van der Waals surface area contributed by atoms with E-state index in [1.165, 1.54) is 4.88 Å². The summed E-state index contributed by atoms with van der Waals surface area (Å²) in [6.45, 7) is 0. The maximum absolute atomic E-state index is 6.64. The molecule has 154 valence electrons. The summed E-state index contributed by atoms with van der Waals surface area (Å²) in [6, 6.07) is 20.6. The van der Waals surface area contributed by atoms with Gasteiger partial charge in [0.25, 0.3) is 0 Å². The molecule has 0 amide bonds. The maximum atomic E-state index is 6.64. The van der Waals surface area contributed by atoms with Crippen molar-refractivity contribution in [2.24, 2.45) is 0 Å². The van der Waals surface area contributed by atoms with E-state index in [9.17, 15) is 0 Å². The zero-order chi connectivity index (χ0) is 20.9. The molecule has 0 bridgehead atoms. The van der Waals surface area contributed by atoms with Crippen LogP contribution in [0, 0.1) is 0 Å². The average Bonchev–Trinajstić information content (AvgIpc) is 3.47. The van der Waals surface area contributed by atoms with Crippen LogP contribution in [0.3, 0.4) is 0 Å². The molecule has 8 heteroatoms. The van der Waals surface area contributed by atoms with Crippen LogP contribution in [-0.4, -0.2) is 21.0 Å². The summed E-state index contributed by atoms with van der Waals surface area (Å²) in [4.78, 5) is 5.94. The van der Waals surface area contributed by atoms with Gasteiger partial charge in [0.05, 0.1) is 5.70 Å². The number of nitrogens with one attached hydrogen (secondary N) is 1. The third-order valence-electron chi connectivity index (χ3n) is 5.51. The molecule has 4 heterocycles. The Morgan fingerprint density at radius 3 is 2.84 bits per heavy atom. The number of hydrogen-bond donors (Lipinski definition) is 1. The van der Waals surface area contributed by atoms with E-state index in [0.29, 0.717) is 0 Å². The predicted octanol–water partition coefficient (Wildman–Crippen LogP) is 6.38. The van der Waals surface area contributed by atoms with Crippen molar-refractivity contribution in [1.82, 2.24) is 14.8 Å². The molecule has 6 rings (SSSR count). The first-order chi connectivity index (χ1) is 15.2. The van der Waals surface area contributed by atoms with E-state index in [-0.39, 0.29) is 12.1 Å². The Hall–Kier alpha value is -2.55. The minimum Gasteiger partial charge on any atom is -0.480 e. The lowest BCUT2D eigenvalue weighted by molar-refractivity contribution is 0.223. The quantitative estimate of drug-likeness (QED) is 0.325. The van der Waals surface area contributed by atoms with Gasteiger partial charge in [0.15, 0.2) is 0 Å². The summed E-state index contributed by atoms with van der Waals surface area (Å²) in [6.07, 6.45) is 1.74. The Kier molecular flexibility index (Phi) is 4.66. The van der Waals surface area contributed by atoms with E-state index in [2.05, 4.69) is 57.0 Å². The van der Waals surface area contributed by atoms with Gasteiger partial charge in [-0.2, -0.15) is 4.98 Å². The van der Waals surface area contributed by atoms with Crippen molar-refractivity contribution in [3.63, 3.8) is 0 Å². The number of aromatic nitrogens is 3. The summed E-state index contributed by atoms with van der Waals surface area (Å²) in [5, 5.41) is 11.3. The number of anilines is 1. The summed E-state index contributed by atoms with van der Waals surface area (Å²) < 4.78 is 9.66. The van der Waals surface area contributed by atoms with Crippen LogP contribution >= 0.6 is 39.0 Å². The van der Waals surface area contributed by atoms with Crippen molar-refractivity contribution < 1.29 is 4.74 Å². The zero-order valence-corrected chi connectivity index (χ0v) is 19.7. The lowest BCUT2D eigenvalue weighted by atomic mass is 9.87. The lowest BCUT2D eigenvalue weighted by Gasteiger charge is -2.38. The second-order valence-corrected chi connectivity index (χ2v) is 9.96. The Morgan fingerprint density at radius 1 is 1.13 bits per heavy atom. The van der Waals surface area contributed by atoms with Gasteiger partial charge >= 0.3 is 0 Å². The number of halogens is 1. The van der Waals surface area contributed by atoms with Crippen LogP contribution in [0.5, 0.6) is 5.75 Å². The molecule has 31 heavy (non-hydrogen) atoms. The van der Waals surface area contributed by atoms with Gasteiger partial charge in [-0.05, 0) is 47.5 Å². The SMILES string of the molecule is CSc1nc2n(n1)[C@H](c1cccs1)C1=C(N2)c2ccccc2O[C@H]1c1cccc(Br)c1. The minimum atomic E-state index is -0.253. The first-order valence-corrected chi connectivity index (χ1v) is 12.7. The number of thioether (sulfide) groups is 1. The smallest absolute Gasteiger partial charge is 0.227 e. The van der Waals surface area contributed by atoms with Crippen LogP contribution in [0.4, 0.5) is 5.95 Å². The van der Waals surface area contributed by atoms with E-state index in [4.69, 9.17) is 14.8 Å². The van der Waals surface area contributed by atoms with E-state index >= 15 is 0 Å². The number of nitrogens with zero attached hydrogens (tertiary/aromatic N) is 3. The van der Waals surface area contributed by atoms with Crippen molar-refractivity contribution in [2.75, 3.05) is 11.6 Å². The number of rotatable bonds is 3. The van der Waals surface area contributed by atoms with E-state index < -0.39 is 0 Å². The Balaban J connectivity index is 1.63. The van der Waals surface area contributed by atoms with Crippen molar-refractivity contribution in [1.29, 1.82) is 0 Å². The molecule has 0 radical (unpaired) electrons. The minimum absolute atomic E-state index is 0.100. The fraction of sp³-hybridized carbons (Fsp3) is 0.130. The fourth-order valence-electron chi connectivity index (χ4n) is 4.21. The van der Waals surface area contributed by atoms with Gasteiger partial charge in [-0.25, -0.2) is 4.68 Å². The van der Waals surface area contributed by atoms with Crippen molar-refractivity contribution >= 4 is 50.7 Å². The maximum Gasteiger partial charge on any atom is 0.227 e. The van der Waals surface area contributed by atoms with Crippen molar-refractivity contribution in [3.05, 3.63) is 92.1 Å². The molecule has 2 aliphatic heterocycles. The highest BCUT2D eigenvalue weighted by Gasteiger charge is 2.41. The zero-order valence-electron chi connectivity index (χ0n) is 16.4. The largest absolute Gasteiger partial charge is 0.480 e. The Labute approximate surface area is 196 Å². The standard InChI is InChI=1S/C23H17BrN4OS2/c1-30-23-26-22-25-19-15-8-2-3-9-16(15)29-21(13-6-4-7-14(24)12-13)18(19)20(28(22)27-23)17-10-5-11-31-17/h2-12,20-21H,1H3,(H,25,26,27)/t20-,21+/m1/s1. The molecular formula is C23H17BrN4OS2. The van der Waals surface area contributed by atoms with Gasteiger partial charge in [0.2, 0.25) is 11.1 Å². The highest BCUT2D eigenvalue weighted by atomic mass is 79.9. The van der Waals surface area contributed by atoms with Crippen LogP contribution in [0.15, 0.2) is 81.2 Å². The molecule has 1 N–H and O–H groups in total. The number of benzene rings is 2. The van der Waals surface area contributed by atoms with E-state index in [1.54, 1.807) is 23.1 Å². The number of para-hydroxylation sites is 1. The number of fused-ring (bicyclic) bond motifs is 3. The highest BCUT2D eigenvalue weighted by Crippen LogP contribution is 2.51. The summed E-state index contributed by atoms with van der Waals surface area (Å²) >= 11 is 6.89. The fourth-order valence-corrected chi connectivity index (χ4v) is 5.80. The molecule has 2 atom stereocenters. The molecule has 0 fully saturated rings. The summed E-state index contributed by atoms with van der Waals surface area (Å²) in [5.41, 5.74) is 4.33. The van der Waals surface area contributed by atoms with Gasteiger partial charge in [-0.1, -0.05) is 58.0 Å². The molecule has 0 aliphatic carbocycles. The third-order valence-corrected chi connectivity index (χ3v) is 7.46. The molecule has 0 saturated carbocycles. The lowest BCUT2D eigenvalue weighted by Crippen LogP contribution is -2.32. The molecule has 0 saturated heterocycles. The molecular weight excluding hydrogens is 492 g/mol. The highest BCUT2D eigenvalue weighted by molar-refractivity contribution is 9.10. The Bertz CT molecular complexity index is 1310. The van der Waals surface area contributed by atoms with Gasteiger partial charge in [0, 0.05) is 20.5 Å². The molecule has 0 unspecified atom stereocenters. The van der Waals surface area contributed by atoms with Crippen LogP contribution in [-0.2, 0) is 0 Å². The topological polar surface area (TPSA) is 52.0 Å². The van der Waals surface area contributed by atoms with Crippen LogP contribution in [0.2, 0.25) is 0 Å². The van der Waals surface area contributed by atoms with E-state index in [0.717, 1.165) is 43.7 Å². The van der Waals surface area contributed by atoms with Gasteiger partial charge in [0.1, 0.15) is 17.9 Å². The van der Waals surface area contributed by atoms with Crippen LogP contribution in [0.1, 0.15) is 28.1 Å². The first-order valence-electron chi connectivity index (χ1n) is 9.79. The normalized spacial score (nSPS) is 19.2. The average molecular weight is 509 g/mol. The predicted molar refractivity (Wildman–Crippen MR) is 129 cm³/mol. The Morgan fingerprint density at radius 2 is 2.03 bits per heavy atom. The second kappa shape index (κ2) is 7.55. The molecule has 4 aromatic rings. The molecule has 2 aromatic heterocycles. The molecule has 0 spiro atoms. The third kappa shape index (κ3) is 3.12. The molecule has 5 nitrogen and oxygen atoms in total. The van der Waals surface area contributed by atoms with Gasteiger partial charge in [-0.15, -0.1) is 16.4 Å². The van der Waals surface area contributed by atoms with Crippen LogP contribution < -0.4 is 10.1 Å². The molecule has 2 aliphatic rings. The summed E-state index contributed by atoms with van der Waals surface area (Å²) in [5.74, 6) is 1.62. The van der Waals surface area contributed by atoms with Crippen molar-refractivity contribution in [3.8, 4) is 5.75 Å². The monoisotopic (exact) mass is 508 g/mol. The van der Waals surface area contributed by atoms with E-state index in [1.807, 2.05) is 41.3 Å². The van der Waals surface area contributed by atoms with Crippen molar-refractivity contribution in [2.45, 2.75) is 17.3 Å². The van der Waals surface area contributed by atoms with Crippen LogP contribution in [0.25, 0.3) is 5.70 Å². The first kappa shape index (κ1) is 19.2. The second-order valence-electron chi connectivity index (χ2n) is 7.29. The number of thiophene rings is 1.